The molecule has 0 saturated carbocycles. The van der Waals surface area contributed by atoms with Crippen LogP contribution in [0, 0.1) is 6.92 Å². The number of hydrogen-bond acceptors (Lipinski definition) is 3. The summed E-state index contributed by atoms with van der Waals surface area (Å²) in [6, 6.07) is 8.36. The van der Waals surface area contributed by atoms with Gasteiger partial charge >= 0.3 is 0 Å². The molecule has 1 aliphatic heterocycles. The van der Waals surface area contributed by atoms with Crippen molar-refractivity contribution in [1.29, 1.82) is 0 Å². The van der Waals surface area contributed by atoms with Crippen LogP contribution < -0.4 is 10.6 Å². The minimum absolute atomic E-state index is 0. The molecule has 18 heavy (non-hydrogen) atoms. The highest BCUT2D eigenvalue weighted by molar-refractivity contribution is 5.85. The van der Waals surface area contributed by atoms with Crippen molar-refractivity contribution in [3.05, 3.63) is 29.8 Å². The number of benzene rings is 1. The summed E-state index contributed by atoms with van der Waals surface area (Å²) in [6.45, 7) is 5.54. The molecule has 0 spiro atoms. The number of nitrogens with zero attached hydrogens (tertiary/aromatic N) is 2. The van der Waals surface area contributed by atoms with Crippen LogP contribution in [0.3, 0.4) is 0 Å². The summed E-state index contributed by atoms with van der Waals surface area (Å²) in [4.78, 5) is 15.6. The van der Waals surface area contributed by atoms with Crippen LogP contribution in [0.15, 0.2) is 24.3 Å². The predicted molar refractivity (Wildman–Crippen MR) is 76.3 cm³/mol. The maximum Gasteiger partial charge on any atom is 0.236 e. The number of carbonyl (C=O) groups is 1. The fraction of sp³-hybridized carbons (Fsp3) is 0.462. The van der Waals surface area contributed by atoms with E-state index in [0.717, 1.165) is 26.2 Å². The third kappa shape index (κ3) is 3.15. The average Bonchev–Trinajstić information content (AvgIpc) is 2.39. The Morgan fingerprint density at radius 2 is 1.83 bits per heavy atom. The van der Waals surface area contributed by atoms with Gasteiger partial charge in [0.05, 0.1) is 6.54 Å². The smallest absolute Gasteiger partial charge is 0.236 e. The Balaban J connectivity index is 0.00000162. The number of para-hydroxylation sites is 1. The van der Waals surface area contributed by atoms with Gasteiger partial charge in [0.15, 0.2) is 0 Å². The van der Waals surface area contributed by atoms with Crippen molar-refractivity contribution in [2.24, 2.45) is 5.73 Å². The van der Waals surface area contributed by atoms with Crippen LogP contribution >= 0.6 is 12.4 Å². The molecule has 5 heteroatoms. The van der Waals surface area contributed by atoms with Crippen molar-refractivity contribution in [1.82, 2.24) is 4.90 Å². The first-order valence-electron chi connectivity index (χ1n) is 6.01. The number of hydrogen-bond donors (Lipinski definition) is 1. The summed E-state index contributed by atoms with van der Waals surface area (Å²) < 4.78 is 0. The van der Waals surface area contributed by atoms with E-state index in [4.69, 9.17) is 5.73 Å². The average molecular weight is 270 g/mol. The van der Waals surface area contributed by atoms with Gasteiger partial charge in [0.2, 0.25) is 5.91 Å². The Bertz CT molecular complexity index is 403. The van der Waals surface area contributed by atoms with Crippen LogP contribution in [0.25, 0.3) is 0 Å². The Labute approximate surface area is 114 Å². The van der Waals surface area contributed by atoms with Crippen LogP contribution in [-0.4, -0.2) is 43.5 Å². The summed E-state index contributed by atoms with van der Waals surface area (Å²) in [5.41, 5.74) is 7.92. The first-order chi connectivity index (χ1) is 8.22. The number of piperazine rings is 1. The Kier molecular flexibility index (Phi) is 5.44. The molecule has 0 aromatic heterocycles. The molecule has 1 saturated heterocycles. The Morgan fingerprint density at radius 3 is 2.39 bits per heavy atom. The van der Waals surface area contributed by atoms with Crippen LogP contribution in [0.1, 0.15) is 5.56 Å². The molecule has 1 amide bonds. The SMILES string of the molecule is Cc1ccccc1N1CCN(C(=O)CN)CC1.Cl. The standard InChI is InChI=1S/C13H19N3O.ClH/c1-11-4-2-3-5-12(11)15-6-8-16(9-7-15)13(17)10-14;/h2-5H,6-10,14H2,1H3;1H. The van der Waals surface area contributed by atoms with Gasteiger partial charge in [-0.2, -0.15) is 0 Å². The molecule has 4 nitrogen and oxygen atoms in total. The summed E-state index contributed by atoms with van der Waals surface area (Å²) in [6.07, 6.45) is 0. The molecule has 100 valence electrons. The molecule has 1 fully saturated rings. The van der Waals surface area contributed by atoms with Crippen molar-refractivity contribution in [3.63, 3.8) is 0 Å². The Hall–Kier alpha value is -1.26. The molecule has 0 atom stereocenters. The lowest BCUT2D eigenvalue weighted by Gasteiger charge is -2.36. The van der Waals surface area contributed by atoms with E-state index in [1.807, 2.05) is 11.0 Å². The molecule has 0 aliphatic carbocycles. The first-order valence-corrected chi connectivity index (χ1v) is 6.01. The van der Waals surface area contributed by atoms with Crippen LogP contribution in [0.2, 0.25) is 0 Å². The van der Waals surface area contributed by atoms with Gasteiger partial charge in [-0.05, 0) is 18.6 Å². The van der Waals surface area contributed by atoms with Gasteiger partial charge in [0.1, 0.15) is 0 Å². The quantitative estimate of drug-likeness (QED) is 0.872. The third-order valence-corrected chi connectivity index (χ3v) is 3.26. The second kappa shape index (κ2) is 6.61. The first kappa shape index (κ1) is 14.8. The zero-order valence-corrected chi connectivity index (χ0v) is 11.4. The van der Waals surface area contributed by atoms with E-state index >= 15 is 0 Å². The van der Waals surface area contributed by atoms with Crippen molar-refractivity contribution in [3.8, 4) is 0 Å². The van der Waals surface area contributed by atoms with E-state index in [1.165, 1.54) is 11.3 Å². The van der Waals surface area contributed by atoms with Gasteiger partial charge in [0.25, 0.3) is 0 Å². The molecule has 2 rings (SSSR count). The van der Waals surface area contributed by atoms with E-state index < -0.39 is 0 Å². The lowest BCUT2D eigenvalue weighted by Crippen LogP contribution is -2.50. The van der Waals surface area contributed by atoms with Crippen LogP contribution in [0.5, 0.6) is 0 Å². The van der Waals surface area contributed by atoms with E-state index in [9.17, 15) is 4.79 Å². The van der Waals surface area contributed by atoms with Gasteiger partial charge in [-0.25, -0.2) is 0 Å². The molecule has 2 N–H and O–H groups in total. The normalized spacial score (nSPS) is 15.2. The number of amides is 1. The second-order valence-electron chi connectivity index (χ2n) is 4.36. The third-order valence-electron chi connectivity index (χ3n) is 3.26. The molecule has 1 heterocycles. The van der Waals surface area contributed by atoms with E-state index in [0.29, 0.717) is 0 Å². The number of halogens is 1. The maximum absolute atomic E-state index is 11.5. The number of rotatable bonds is 2. The van der Waals surface area contributed by atoms with E-state index in [1.54, 1.807) is 0 Å². The second-order valence-corrected chi connectivity index (χ2v) is 4.36. The van der Waals surface area contributed by atoms with Crippen molar-refractivity contribution in [2.75, 3.05) is 37.6 Å². The van der Waals surface area contributed by atoms with Crippen LogP contribution in [0.4, 0.5) is 5.69 Å². The highest BCUT2D eigenvalue weighted by atomic mass is 35.5. The molecule has 1 aliphatic rings. The van der Waals surface area contributed by atoms with Crippen molar-refractivity contribution >= 4 is 24.0 Å². The van der Waals surface area contributed by atoms with Gasteiger partial charge in [-0.3, -0.25) is 4.79 Å². The Morgan fingerprint density at radius 1 is 1.22 bits per heavy atom. The lowest BCUT2D eigenvalue weighted by atomic mass is 10.1. The number of aryl methyl sites for hydroxylation is 1. The van der Waals surface area contributed by atoms with Gasteiger partial charge in [-0.1, -0.05) is 18.2 Å². The monoisotopic (exact) mass is 269 g/mol. The van der Waals surface area contributed by atoms with Gasteiger partial charge in [0, 0.05) is 31.9 Å². The number of carbonyl (C=O) groups excluding carboxylic acids is 1. The van der Waals surface area contributed by atoms with Crippen molar-refractivity contribution < 1.29 is 4.79 Å². The van der Waals surface area contributed by atoms with Gasteiger partial charge in [-0.15, -0.1) is 12.4 Å². The maximum atomic E-state index is 11.5. The highest BCUT2D eigenvalue weighted by Gasteiger charge is 2.20. The minimum atomic E-state index is 0. The minimum Gasteiger partial charge on any atom is -0.368 e. The lowest BCUT2D eigenvalue weighted by molar-refractivity contribution is -0.129. The topological polar surface area (TPSA) is 49.6 Å². The fourth-order valence-electron chi connectivity index (χ4n) is 2.24. The van der Waals surface area contributed by atoms with E-state index in [-0.39, 0.29) is 24.9 Å². The summed E-state index contributed by atoms with van der Waals surface area (Å²) >= 11 is 0. The van der Waals surface area contributed by atoms with Crippen LogP contribution in [-0.2, 0) is 4.79 Å². The van der Waals surface area contributed by atoms with E-state index in [2.05, 4.69) is 30.0 Å². The largest absolute Gasteiger partial charge is 0.368 e. The summed E-state index contributed by atoms with van der Waals surface area (Å²) in [5.74, 6) is 0.0504. The molecule has 1 aromatic carbocycles. The number of anilines is 1. The molecular weight excluding hydrogens is 250 g/mol. The molecule has 0 bridgehead atoms. The number of nitrogens with two attached hydrogens (primary N) is 1. The summed E-state index contributed by atoms with van der Waals surface area (Å²) in [7, 11) is 0. The molecule has 0 unspecified atom stereocenters. The molecular formula is C13H20ClN3O. The molecule has 1 aromatic rings. The van der Waals surface area contributed by atoms with Crippen molar-refractivity contribution in [2.45, 2.75) is 6.92 Å². The highest BCUT2D eigenvalue weighted by Crippen LogP contribution is 2.20. The predicted octanol–water partition coefficient (Wildman–Crippen LogP) is 1.02. The fourth-order valence-corrected chi connectivity index (χ4v) is 2.24. The summed E-state index contributed by atoms with van der Waals surface area (Å²) in [5, 5.41) is 0. The zero-order valence-electron chi connectivity index (χ0n) is 10.6. The zero-order chi connectivity index (χ0) is 12.3. The molecule has 0 radical (unpaired) electrons. The van der Waals surface area contributed by atoms with Gasteiger partial charge < -0.3 is 15.5 Å².